The van der Waals surface area contributed by atoms with Crippen LogP contribution in [0, 0.1) is 11.3 Å². The maximum Gasteiger partial charge on any atom is 0.301 e. The molecule has 1 amide bonds. The summed E-state index contributed by atoms with van der Waals surface area (Å²) in [6.45, 7) is 4.04. The summed E-state index contributed by atoms with van der Waals surface area (Å²) in [4.78, 5) is 28.8. The number of aromatic nitrogens is 3. The summed E-state index contributed by atoms with van der Waals surface area (Å²) in [5, 5.41) is 22.5. The van der Waals surface area contributed by atoms with E-state index in [1.807, 2.05) is 18.2 Å². The Morgan fingerprint density at radius 2 is 1.91 bits per heavy atom. The quantitative estimate of drug-likeness (QED) is 0.350. The highest BCUT2D eigenvalue weighted by Gasteiger charge is 2.48. The lowest BCUT2D eigenvalue weighted by molar-refractivity contribution is -0.165. The Morgan fingerprint density at radius 1 is 1.13 bits per heavy atom. The number of carbonyl (C=O) groups excluding carboxylic acids is 1. The Balaban J connectivity index is 1.12. The molecule has 0 saturated carbocycles. The van der Waals surface area contributed by atoms with Crippen molar-refractivity contribution in [3.05, 3.63) is 53.9 Å². The van der Waals surface area contributed by atoms with Gasteiger partial charge < -0.3 is 29.5 Å². The van der Waals surface area contributed by atoms with Gasteiger partial charge in [-0.05, 0) is 69.1 Å². The number of piperidine rings is 2. The Kier molecular flexibility index (Phi) is 9.49. The fraction of sp³-hybridized carbons (Fsp3) is 0.485. The Labute approximate surface area is 271 Å². The van der Waals surface area contributed by atoms with Crippen LogP contribution in [0.5, 0.6) is 11.6 Å². The number of carbonyl (C=O) groups is 1. The number of amides is 1. The number of anilines is 2. The van der Waals surface area contributed by atoms with Gasteiger partial charge in [0.1, 0.15) is 35.9 Å². The average molecular weight is 650 g/mol. The third-order valence-corrected chi connectivity index (χ3v) is 8.98. The highest BCUT2D eigenvalue weighted by atomic mass is 19.3. The molecule has 0 aliphatic carbocycles. The molecule has 47 heavy (non-hydrogen) atoms. The molecule has 3 fully saturated rings. The summed E-state index contributed by atoms with van der Waals surface area (Å²) >= 11 is 0. The summed E-state index contributed by atoms with van der Waals surface area (Å²) in [5.74, 6) is -2.21. The monoisotopic (exact) mass is 649 g/mol. The minimum atomic E-state index is -3.38. The summed E-state index contributed by atoms with van der Waals surface area (Å²) in [5.41, 5.74) is 2.19. The van der Waals surface area contributed by atoms with Gasteiger partial charge >= 0.3 is 5.92 Å². The number of benzene rings is 1. The molecule has 0 radical (unpaired) electrons. The summed E-state index contributed by atoms with van der Waals surface area (Å²) in [6, 6.07) is 12.8. The molecule has 2 N–H and O–H groups in total. The molecular weight excluding hydrogens is 612 g/mol. The number of nitriles is 1. The maximum absolute atomic E-state index is 14.9. The lowest BCUT2D eigenvalue weighted by Gasteiger charge is -2.41. The highest BCUT2D eigenvalue weighted by Crippen LogP contribution is 2.36. The number of hydrogen-bond donors (Lipinski definition) is 2. The number of methoxy groups -OCH3 is 1. The molecule has 3 aliphatic heterocycles. The Bertz CT molecular complexity index is 1640. The van der Waals surface area contributed by atoms with Crippen LogP contribution in [-0.2, 0) is 9.53 Å². The first-order valence-corrected chi connectivity index (χ1v) is 15.7. The van der Waals surface area contributed by atoms with Crippen LogP contribution in [0.2, 0.25) is 0 Å². The van der Waals surface area contributed by atoms with E-state index in [2.05, 4.69) is 20.2 Å². The van der Waals surface area contributed by atoms with Gasteiger partial charge in [-0.3, -0.25) is 9.69 Å². The number of alkyl halides is 2. The van der Waals surface area contributed by atoms with Crippen molar-refractivity contribution in [2.75, 3.05) is 51.8 Å². The van der Waals surface area contributed by atoms with Crippen molar-refractivity contribution in [1.29, 1.82) is 5.26 Å². The topological polar surface area (TPSA) is 146 Å². The van der Waals surface area contributed by atoms with Gasteiger partial charge in [0.05, 0.1) is 44.2 Å². The van der Waals surface area contributed by atoms with Gasteiger partial charge in [-0.15, -0.1) is 0 Å². The maximum atomic E-state index is 14.9. The number of nitrogens with one attached hydrogen (secondary N) is 1. The molecule has 6 rings (SSSR count). The van der Waals surface area contributed by atoms with E-state index in [1.165, 1.54) is 25.4 Å². The van der Waals surface area contributed by atoms with E-state index in [4.69, 9.17) is 19.2 Å². The predicted molar refractivity (Wildman–Crippen MR) is 167 cm³/mol. The second kappa shape index (κ2) is 13.7. The van der Waals surface area contributed by atoms with Gasteiger partial charge in [-0.1, -0.05) is 0 Å². The van der Waals surface area contributed by atoms with Crippen LogP contribution in [0.15, 0.2) is 42.7 Å². The summed E-state index contributed by atoms with van der Waals surface area (Å²) in [7, 11) is 1.61. The molecule has 0 spiro atoms. The van der Waals surface area contributed by atoms with Crippen LogP contribution in [0.1, 0.15) is 43.2 Å². The molecule has 248 valence electrons. The summed E-state index contributed by atoms with van der Waals surface area (Å²) < 4.78 is 46.5. The normalized spacial score (nSPS) is 20.9. The van der Waals surface area contributed by atoms with Gasteiger partial charge in [0, 0.05) is 30.2 Å². The first-order chi connectivity index (χ1) is 22.6. The van der Waals surface area contributed by atoms with Gasteiger partial charge in [0.25, 0.3) is 5.91 Å². The molecule has 3 aromatic rings. The van der Waals surface area contributed by atoms with Crippen LogP contribution in [0.25, 0.3) is 11.3 Å². The molecule has 1 aromatic carbocycles. The number of pyridine rings is 1. The summed E-state index contributed by atoms with van der Waals surface area (Å²) in [6.07, 6.45) is 0.358. The van der Waals surface area contributed by atoms with E-state index in [0.717, 1.165) is 49.6 Å². The standard InChI is InChI=1S/C33H37F2N7O5/c1-20(43)32(44)42-12-9-28(33(34,35)18-42)47-27-5-3-22(13-23(27)15-36)26-14-30(38-19-37-26)39-29-6-4-25(31(40-29)45-2)21-7-10-41(11-8-21)24-16-46-17-24/h3-6,13-14,19-21,24,28,43H,7-12,16-18H2,1-2H3,(H,37,38,39,40)/t20-,28?/m0/s1. The van der Waals surface area contributed by atoms with Gasteiger partial charge in [0.15, 0.2) is 6.10 Å². The van der Waals surface area contributed by atoms with Crippen LogP contribution < -0.4 is 14.8 Å². The lowest BCUT2D eigenvalue weighted by Crippen LogP contribution is -2.56. The molecule has 3 saturated heterocycles. The highest BCUT2D eigenvalue weighted by molar-refractivity contribution is 5.80. The zero-order chi connectivity index (χ0) is 33.1. The number of ether oxygens (including phenoxy) is 3. The molecular formula is C33H37F2N7O5. The molecule has 0 bridgehead atoms. The van der Waals surface area contributed by atoms with Crippen molar-refractivity contribution in [2.24, 2.45) is 0 Å². The van der Waals surface area contributed by atoms with Gasteiger partial charge in [-0.2, -0.15) is 10.2 Å². The van der Waals surface area contributed by atoms with Crippen molar-refractivity contribution in [2.45, 2.75) is 56.3 Å². The van der Waals surface area contributed by atoms with Crippen molar-refractivity contribution in [1.82, 2.24) is 24.8 Å². The van der Waals surface area contributed by atoms with Gasteiger partial charge in [-0.25, -0.2) is 18.7 Å². The zero-order valence-electron chi connectivity index (χ0n) is 26.2. The third-order valence-electron chi connectivity index (χ3n) is 8.98. The van der Waals surface area contributed by atoms with Gasteiger partial charge in [0.2, 0.25) is 5.88 Å². The molecule has 12 nitrogen and oxygen atoms in total. The number of halogens is 2. The third kappa shape index (κ3) is 7.12. The number of hydrogen-bond acceptors (Lipinski definition) is 11. The van der Waals surface area contributed by atoms with E-state index in [0.29, 0.717) is 40.7 Å². The zero-order valence-corrected chi connectivity index (χ0v) is 26.2. The SMILES string of the molecule is COc1nc(Nc2cc(-c3ccc(OC4CCN(C(=O)[C@H](C)O)CC4(F)F)c(C#N)c3)ncn2)ccc1C1CCN(C2COC2)CC1. The smallest absolute Gasteiger partial charge is 0.301 e. The van der Waals surface area contributed by atoms with E-state index >= 15 is 0 Å². The first kappa shape index (κ1) is 32.5. The van der Waals surface area contributed by atoms with E-state index < -0.39 is 30.6 Å². The fourth-order valence-electron chi connectivity index (χ4n) is 6.27. The van der Waals surface area contributed by atoms with Crippen LogP contribution in [0.3, 0.4) is 0 Å². The minimum absolute atomic E-state index is 0.0000222. The predicted octanol–water partition coefficient (Wildman–Crippen LogP) is 3.74. The number of aliphatic hydroxyl groups is 1. The van der Waals surface area contributed by atoms with E-state index in [1.54, 1.807) is 19.2 Å². The largest absolute Gasteiger partial charge is 0.483 e. The minimum Gasteiger partial charge on any atom is -0.483 e. The number of aliphatic hydroxyl groups excluding tert-OH is 1. The van der Waals surface area contributed by atoms with E-state index in [-0.39, 0.29) is 24.3 Å². The molecule has 14 heteroatoms. The second-order valence-electron chi connectivity index (χ2n) is 12.1. The Hall–Kier alpha value is -4.45. The van der Waals surface area contributed by atoms with Crippen molar-refractivity contribution in [3.8, 4) is 29.0 Å². The molecule has 3 aliphatic rings. The van der Waals surface area contributed by atoms with Crippen molar-refractivity contribution >= 4 is 17.5 Å². The van der Waals surface area contributed by atoms with Crippen molar-refractivity contribution < 1.29 is 32.9 Å². The van der Waals surface area contributed by atoms with Crippen LogP contribution >= 0.6 is 0 Å². The Morgan fingerprint density at radius 3 is 2.57 bits per heavy atom. The van der Waals surface area contributed by atoms with Crippen molar-refractivity contribution in [3.63, 3.8) is 0 Å². The number of nitrogens with zero attached hydrogens (tertiary/aromatic N) is 6. The number of rotatable bonds is 9. The lowest BCUT2D eigenvalue weighted by atomic mass is 9.89. The fourth-order valence-corrected chi connectivity index (χ4v) is 6.27. The average Bonchev–Trinajstić information content (AvgIpc) is 3.05. The molecule has 2 aromatic heterocycles. The van der Waals surface area contributed by atoms with Crippen LogP contribution in [0.4, 0.5) is 20.4 Å². The molecule has 2 atom stereocenters. The molecule has 1 unspecified atom stereocenters. The van der Waals surface area contributed by atoms with E-state index in [9.17, 15) is 23.9 Å². The molecule has 5 heterocycles. The van der Waals surface area contributed by atoms with Crippen LogP contribution in [-0.4, -0.2) is 106 Å². The second-order valence-corrected chi connectivity index (χ2v) is 12.1. The first-order valence-electron chi connectivity index (χ1n) is 15.7. The number of likely N-dealkylation sites (tertiary alicyclic amines) is 2.